The zero-order valence-electron chi connectivity index (χ0n) is 10.3. The Morgan fingerprint density at radius 3 is 2.62 bits per heavy atom. The Kier molecular flexibility index (Phi) is 5.77. The lowest BCUT2D eigenvalue weighted by atomic mass is 9.92. The molecule has 0 atom stereocenters. The molecule has 0 spiro atoms. The van der Waals surface area contributed by atoms with Crippen LogP contribution in [-0.4, -0.2) is 31.2 Å². The van der Waals surface area contributed by atoms with Gasteiger partial charge in [0.05, 0.1) is 0 Å². The maximum atomic E-state index is 11.7. The maximum absolute atomic E-state index is 11.7. The predicted molar refractivity (Wildman–Crippen MR) is 64.1 cm³/mol. The number of unbranched alkanes of at least 4 members (excludes halogenated alkanes) is 2. The summed E-state index contributed by atoms with van der Waals surface area (Å²) in [7, 11) is 0. The van der Waals surface area contributed by atoms with Crippen molar-refractivity contribution in [3.8, 4) is 0 Å². The summed E-state index contributed by atoms with van der Waals surface area (Å²) in [5, 5.41) is 3.12. The van der Waals surface area contributed by atoms with Crippen molar-refractivity contribution in [3.63, 3.8) is 0 Å². The fourth-order valence-electron chi connectivity index (χ4n) is 1.95. The molecular formula is C12H24N2O2. The molecule has 1 fully saturated rings. The molecule has 4 heteroatoms. The third-order valence-electron chi connectivity index (χ3n) is 3.15. The van der Waals surface area contributed by atoms with Gasteiger partial charge in [0.25, 0.3) is 0 Å². The molecule has 0 aromatic heterocycles. The van der Waals surface area contributed by atoms with Gasteiger partial charge in [-0.3, -0.25) is 4.79 Å². The van der Waals surface area contributed by atoms with Gasteiger partial charge in [-0.15, -0.1) is 0 Å². The highest BCUT2D eigenvalue weighted by atomic mass is 16.5. The summed E-state index contributed by atoms with van der Waals surface area (Å²) in [6.07, 6.45) is 5.46. The van der Waals surface area contributed by atoms with Crippen molar-refractivity contribution < 1.29 is 9.53 Å². The molecule has 0 aromatic carbocycles. The van der Waals surface area contributed by atoms with Gasteiger partial charge >= 0.3 is 0 Å². The zero-order chi connectivity index (χ0) is 11.9. The van der Waals surface area contributed by atoms with Crippen LogP contribution in [-0.2, 0) is 9.53 Å². The van der Waals surface area contributed by atoms with Crippen LogP contribution in [0.5, 0.6) is 0 Å². The van der Waals surface area contributed by atoms with Crippen LogP contribution >= 0.6 is 0 Å². The van der Waals surface area contributed by atoms with Crippen LogP contribution in [0.2, 0.25) is 0 Å². The third kappa shape index (κ3) is 4.94. The Labute approximate surface area is 97.9 Å². The van der Waals surface area contributed by atoms with Gasteiger partial charge in [-0.2, -0.15) is 0 Å². The summed E-state index contributed by atoms with van der Waals surface area (Å²) >= 11 is 0. The van der Waals surface area contributed by atoms with Crippen molar-refractivity contribution in [1.29, 1.82) is 0 Å². The molecule has 0 unspecified atom stereocenters. The topological polar surface area (TPSA) is 64.4 Å². The molecule has 0 aromatic rings. The smallest absolute Gasteiger partial charge is 0.220 e. The number of carbonyl (C=O) groups is 1. The number of amides is 1. The van der Waals surface area contributed by atoms with Crippen molar-refractivity contribution >= 4 is 5.91 Å². The van der Waals surface area contributed by atoms with E-state index in [0.717, 1.165) is 51.9 Å². The number of carbonyl (C=O) groups excluding carboxylic acids is 1. The van der Waals surface area contributed by atoms with Crippen LogP contribution < -0.4 is 11.1 Å². The number of rotatable bonds is 6. The molecule has 1 aliphatic rings. The second-order valence-electron chi connectivity index (χ2n) is 4.82. The number of ether oxygens (including phenoxy) is 1. The maximum Gasteiger partial charge on any atom is 0.220 e. The van der Waals surface area contributed by atoms with E-state index in [4.69, 9.17) is 10.5 Å². The Bertz CT molecular complexity index is 213. The van der Waals surface area contributed by atoms with Gasteiger partial charge in [0, 0.05) is 25.2 Å². The minimum atomic E-state index is -0.0524. The van der Waals surface area contributed by atoms with Crippen LogP contribution in [0.25, 0.3) is 0 Å². The highest BCUT2D eigenvalue weighted by Gasteiger charge is 2.28. The summed E-state index contributed by atoms with van der Waals surface area (Å²) in [6, 6.07) is 0. The molecule has 1 amide bonds. The summed E-state index contributed by atoms with van der Waals surface area (Å²) < 4.78 is 5.29. The Morgan fingerprint density at radius 2 is 2.00 bits per heavy atom. The largest absolute Gasteiger partial charge is 0.381 e. The minimum Gasteiger partial charge on any atom is -0.381 e. The molecule has 94 valence electrons. The van der Waals surface area contributed by atoms with E-state index >= 15 is 0 Å². The summed E-state index contributed by atoms with van der Waals surface area (Å²) in [6.45, 7) is 4.33. The van der Waals surface area contributed by atoms with E-state index in [1.165, 1.54) is 0 Å². The van der Waals surface area contributed by atoms with Gasteiger partial charge in [0.1, 0.15) is 0 Å². The first-order chi connectivity index (χ1) is 7.66. The number of hydrogen-bond donors (Lipinski definition) is 2. The average Bonchev–Trinajstić information content (AvgIpc) is 2.25. The van der Waals surface area contributed by atoms with Crippen molar-refractivity contribution in [1.82, 2.24) is 5.32 Å². The standard InChI is InChI=1S/C12H24N2O2/c1-12(6-9-16-10-7-12)14-11(15)5-3-2-4-8-13/h2-10,13H2,1H3,(H,14,15). The monoisotopic (exact) mass is 228 g/mol. The predicted octanol–water partition coefficient (Wildman–Crippen LogP) is 1.19. The SMILES string of the molecule is CC1(NC(=O)CCCCCN)CCOCC1. The summed E-state index contributed by atoms with van der Waals surface area (Å²) in [4.78, 5) is 11.7. The van der Waals surface area contributed by atoms with Crippen LogP contribution in [0.1, 0.15) is 45.4 Å². The molecule has 4 nitrogen and oxygen atoms in total. The van der Waals surface area contributed by atoms with Crippen molar-refractivity contribution in [2.45, 2.75) is 51.0 Å². The fourth-order valence-corrected chi connectivity index (χ4v) is 1.95. The van der Waals surface area contributed by atoms with E-state index < -0.39 is 0 Å². The molecule has 0 radical (unpaired) electrons. The first-order valence-corrected chi connectivity index (χ1v) is 6.25. The minimum absolute atomic E-state index is 0.0524. The molecule has 0 bridgehead atoms. The van der Waals surface area contributed by atoms with Gasteiger partial charge < -0.3 is 15.8 Å². The van der Waals surface area contributed by atoms with E-state index in [-0.39, 0.29) is 11.4 Å². The van der Waals surface area contributed by atoms with E-state index in [1.807, 2.05) is 0 Å². The quantitative estimate of drug-likeness (QED) is 0.671. The second-order valence-corrected chi connectivity index (χ2v) is 4.82. The van der Waals surface area contributed by atoms with Crippen molar-refractivity contribution in [2.75, 3.05) is 19.8 Å². The summed E-state index contributed by atoms with van der Waals surface area (Å²) in [5.74, 6) is 0.168. The molecule has 1 saturated heterocycles. The highest BCUT2D eigenvalue weighted by molar-refractivity contribution is 5.76. The molecule has 0 saturated carbocycles. The normalized spacial score (nSPS) is 19.4. The van der Waals surface area contributed by atoms with E-state index in [0.29, 0.717) is 6.42 Å². The lowest BCUT2D eigenvalue weighted by Gasteiger charge is -2.34. The molecule has 1 heterocycles. The molecule has 3 N–H and O–H groups in total. The van der Waals surface area contributed by atoms with Gasteiger partial charge in [-0.1, -0.05) is 6.42 Å². The Balaban J connectivity index is 2.17. The Hall–Kier alpha value is -0.610. The van der Waals surface area contributed by atoms with Crippen molar-refractivity contribution in [2.24, 2.45) is 5.73 Å². The fraction of sp³-hybridized carbons (Fsp3) is 0.917. The van der Waals surface area contributed by atoms with Gasteiger partial charge in [-0.25, -0.2) is 0 Å². The Morgan fingerprint density at radius 1 is 1.31 bits per heavy atom. The average molecular weight is 228 g/mol. The second kappa shape index (κ2) is 6.86. The van der Waals surface area contributed by atoms with Gasteiger partial charge in [0.15, 0.2) is 0 Å². The van der Waals surface area contributed by atoms with Crippen LogP contribution in [0.15, 0.2) is 0 Å². The molecule has 0 aliphatic carbocycles. The summed E-state index contributed by atoms with van der Waals surface area (Å²) in [5.41, 5.74) is 5.35. The van der Waals surface area contributed by atoms with E-state index in [9.17, 15) is 4.79 Å². The number of nitrogens with one attached hydrogen (secondary N) is 1. The van der Waals surface area contributed by atoms with Gasteiger partial charge in [0.2, 0.25) is 5.91 Å². The third-order valence-corrected chi connectivity index (χ3v) is 3.15. The lowest BCUT2D eigenvalue weighted by molar-refractivity contribution is -0.124. The lowest BCUT2D eigenvalue weighted by Crippen LogP contribution is -2.49. The van der Waals surface area contributed by atoms with E-state index in [1.54, 1.807) is 0 Å². The molecule has 1 rings (SSSR count). The molecule has 1 aliphatic heterocycles. The molecule has 16 heavy (non-hydrogen) atoms. The van der Waals surface area contributed by atoms with E-state index in [2.05, 4.69) is 12.2 Å². The zero-order valence-corrected chi connectivity index (χ0v) is 10.3. The number of hydrogen-bond acceptors (Lipinski definition) is 3. The van der Waals surface area contributed by atoms with Crippen LogP contribution in [0.4, 0.5) is 0 Å². The van der Waals surface area contributed by atoms with Gasteiger partial charge in [-0.05, 0) is 39.2 Å². The molecular weight excluding hydrogens is 204 g/mol. The van der Waals surface area contributed by atoms with Crippen LogP contribution in [0.3, 0.4) is 0 Å². The highest BCUT2D eigenvalue weighted by Crippen LogP contribution is 2.19. The van der Waals surface area contributed by atoms with Crippen molar-refractivity contribution in [3.05, 3.63) is 0 Å². The van der Waals surface area contributed by atoms with Crippen LogP contribution in [0, 0.1) is 0 Å². The number of nitrogens with two attached hydrogens (primary N) is 1. The first kappa shape index (κ1) is 13.5. The first-order valence-electron chi connectivity index (χ1n) is 6.25.